The van der Waals surface area contributed by atoms with Gasteiger partial charge in [0.15, 0.2) is 0 Å². The number of unbranched alkanes of at least 4 members (excludes halogenated alkanes) is 11. The Morgan fingerprint density at radius 3 is 1.68 bits per heavy atom. The highest BCUT2D eigenvalue weighted by Crippen LogP contribution is 2.13. The maximum Gasteiger partial charge on any atom is 0.328 e. The molecule has 0 saturated carbocycles. The number of benzene rings is 1. The molecular weight excluding hydrogens is 428 g/mol. The Kier molecular flexibility index (Phi) is 17.5. The van der Waals surface area contributed by atoms with Crippen molar-refractivity contribution in [1.29, 1.82) is 0 Å². The summed E-state index contributed by atoms with van der Waals surface area (Å²) < 4.78 is 5.14. The molecule has 0 aliphatic carbocycles. The second kappa shape index (κ2) is 20.0. The summed E-state index contributed by atoms with van der Waals surface area (Å²) in [6.07, 6.45) is 15.5. The van der Waals surface area contributed by atoms with Crippen molar-refractivity contribution < 1.29 is 19.1 Å². The standard InChI is InChI=1S/C28H46N2O4/c1-3-34-28(33)25(23-24-19-15-14-16-20-24)30-27(32)22-18-13-11-9-7-5-4-6-8-10-12-17-21-26(31)29-2/h14-16,19-20,25H,3-13,17-18,21-23H2,1-2H3,(H,29,31)(H,30,32)/t25-/m1/s1. The van der Waals surface area contributed by atoms with Gasteiger partial charge in [0.25, 0.3) is 0 Å². The monoisotopic (exact) mass is 474 g/mol. The summed E-state index contributed by atoms with van der Waals surface area (Å²) in [5.74, 6) is -0.308. The van der Waals surface area contributed by atoms with Crippen LogP contribution in [0.15, 0.2) is 30.3 Å². The van der Waals surface area contributed by atoms with Crippen molar-refractivity contribution in [3.8, 4) is 0 Å². The summed E-state index contributed by atoms with van der Waals surface area (Å²) in [6.45, 7) is 2.08. The molecule has 192 valence electrons. The van der Waals surface area contributed by atoms with Crippen LogP contribution in [-0.4, -0.2) is 37.5 Å². The lowest BCUT2D eigenvalue weighted by atomic mass is 10.0. The number of carbonyl (C=O) groups is 3. The van der Waals surface area contributed by atoms with Crippen LogP contribution >= 0.6 is 0 Å². The maximum atomic E-state index is 12.4. The van der Waals surface area contributed by atoms with Crippen LogP contribution in [0.4, 0.5) is 0 Å². The lowest BCUT2D eigenvalue weighted by Crippen LogP contribution is -2.43. The molecule has 0 radical (unpaired) electrons. The summed E-state index contributed by atoms with van der Waals surface area (Å²) in [7, 11) is 1.69. The molecule has 0 fully saturated rings. The molecule has 1 aromatic carbocycles. The van der Waals surface area contributed by atoms with Gasteiger partial charge in [0.05, 0.1) is 6.61 Å². The Hall–Kier alpha value is -2.37. The van der Waals surface area contributed by atoms with E-state index in [2.05, 4.69) is 10.6 Å². The van der Waals surface area contributed by atoms with Gasteiger partial charge in [0, 0.05) is 26.3 Å². The van der Waals surface area contributed by atoms with Crippen molar-refractivity contribution >= 4 is 17.8 Å². The van der Waals surface area contributed by atoms with Gasteiger partial charge < -0.3 is 15.4 Å². The summed E-state index contributed by atoms with van der Waals surface area (Å²) in [6, 6.07) is 9.06. The maximum absolute atomic E-state index is 12.4. The molecule has 2 amide bonds. The van der Waals surface area contributed by atoms with Gasteiger partial charge in [-0.2, -0.15) is 0 Å². The summed E-state index contributed by atoms with van der Waals surface area (Å²) in [5.41, 5.74) is 1.00. The van der Waals surface area contributed by atoms with Gasteiger partial charge >= 0.3 is 5.97 Å². The van der Waals surface area contributed by atoms with Crippen molar-refractivity contribution in [1.82, 2.24) is 10.6 Å². The lowest BCUT2D eigenvalue weighted by Gasteiger charge is -2.17. The fraction of sp³-hybridized carbons (Fsp3) is 0.679. The molecule has 0 spiro atoms. The SMILES string of the molecule is CCOC(=O)[C@@H](Cc1ccccc1)NC(=O)CCCCCCCCCCCCCCC(=O)NC. The fourth-order valence-electron chi connectivity index (χ4n) is 4.02. The minimum absolute atomic E-state index is 0.0793. The number of ether oxygens (including phenoxy) is 1. The Labute approximate surface area is 206 Å². The fourth-order valence-corrected chi connectivity index (χ4v) is 4.02. The van der Waals surface area contributed by atoms with E-state index in [0.717, 1.165) is 37.7 Å². The molecule has 34 heavy (non-hydrogen) atoms. The zero-order chi connectivity index (χ0) is 24.9. The van der Waals surface area contributed by atoms with Crippen molar-refractivity contribution in [3.05, 3.63) is 35.9 Å². The first kappa shape index (κ1) is 29.7. The molecule has 1 aromatic rings. The first-order valence-corrected chi connectivity index (χ1v) is 13.3. The second-order valence-electron chi connectivity index (χ2n) is 8.98. The van der Waals surface area contributed by atoms with Crippen LogP contribution in [-0.2, 0) is 25.5 Å². The number of hydrogen-bond donors (Lipinski definition) is 2. The van der Waals surface area contributed by atoms with Crippen molar-refractivity contribution in [2.75, 3.05) is 13.7 Å². The van der Waals surface area contributed by atoms with E-state index in [1.807, 2.05) is 30.3 Å². The summed E-state index contributed by atoms with van der Waals surface area (Å²) >= 11 is 0. The van der Waals surface area contributed by atoms with Gasteiger partial charge in [-0.15, -0.1) is 0 Å². The molecule has 0 bridgehead atoms. The van der Waals surface area contributed by atoms with E-state index in [9.17, 15) is 14.4 Å². The molecule has 0 unspecified atom stereocenters. The number of amides is 2. The van der Waals surface area contributed by atoms with Crippen LogP contribution in [0, 0.1) is 0 Å². The predicted molar refractivity (Wildman–Crippen MR) is 137 cm³/mol. The molecule has 0 aromatic heterocycles. The number of carbonyl (C=O) groups excluding carboxylic acids is 3. The van der Waals surface area contributed by atoms with Crippen LogP contribution < -0.4 is 10.6 Å². The molecule has 1 rings (SSSR count). The third kappa shape index (κ3) is 15.5. The van der Waals surface area contributed by atoms with Crippen LogP contribution in [0.3, 0.4) is 0 Å². The van der Waals surface area contributed by atoms with Crippen molar-refractivity contribution in [2.45, 2.75) is 109 Å². The highest BCUT2D eigenvalue weighted by molar-refractivity contribution is 5.84. The van der Waals surface area contributed by atoms with Gasteiger partial charge in [0.2, 0.25) is 11.8 Å². The first-order valence-electron chi connectivity index (χ1n) is 13.3. The molecule has 0 aliphatic heterocycles. The van der Waals surface area contributed by atoms with Crippen LogP contribution in [0.5, 0.6) is 0 Å². The van der Waals surface area contributed by atoms with E-state index in [1.54, 1.807) is 14.0 Å². The van der Waals surface area contributed by atoms with Gasteiger partial charge in [-0.1, -0.05) is 94.5 Å². The third-order valence-corrected chi connectivity index (χ3v) is 6.03. The molecule has 6 nitrogen and oxygen atoms in total. The Bertz CT molecular complexity index is 678. The number of rotatable bonds is 20. The minimum Gasteiger partial charge on any atom is -0.464 e. The molecule has 2 N–H and O–H groups in total. The zero-order valence-electron chi connectivity index (χ0n) is 21.4. The van der Waals surface area contributed by atoms with Gasteiger partial charge in [0.1, 0.15) is 6.04 Å². The van der Waals surface area contributed by atoms with Crippen LogP contribution in [0.25, 0.3) is 0 Å². The minimum atomic E-state index is -0.634. The Morgan fingerprint density at radius 1 is 0.735 bits per heavy atom. The molecule has 0 aliphatic rings. The van der Waals surface area contributed by atoms with Crippen molar-refractivity contribution in [3.63, 3.8) is 0 Å². The van der Waals surface area contributed by atoms with Gasteiger partial charge in [-0.05, 0) is 25.3 Å². The number of nitrogens with one attached hydrogen (secondary N) is 2. The predicted octanol–water partition coefficient (Wildman–Crippen LogP) is 5.48. The summed E-state index contributed by atoms with van der Waals surface area (Å²) in [4.78, 5) is 35.8. The Balaban J connectivity index is 2.04. The van der Waals surface area contributed by atoms with E-state index < -0.39 is 6.04 Å². The molecule has 0 saturated heterocycles. The van der Waals surface area contributed by atoms with E-state index in [-0.39, 0.29) is 17.8 Å². The largest absolute Gasteiger partial charge is 0.464 e. The lowest BCUT2D eigenvalue weighted by molar-refractivity contribution is -0.147. The highest BCUT2D eigenvalue weighted by Gasteiger charge is 2.22. The van der Waals surface area contributed by atoms with Gasteiger partial charge in [-0.25, -0.2) is 4.79 Å². The average molecular weight is 475 g/mol. The normalized spacial score (nSPS) is 11.6. The molecule has 6 heteroatoms. The number of hydrogen-bond acceptors (Lipinski definition) is 4. The topological polar surface area (TPSA) is 84.5 Å². The number of esters is 1. The average Bonchev–Trinajstić information content (AvgIpc) is 2.84. The molecular formula is C28H46N2O4. The Morgan fingerprint density at radius 2 is 1.21 bits per heavy atom. The van der Waals surface area contributed by atoms with E-state index >= 15 is 0 Å². The zero-order valence-corrected chi connectivity index (χ0v) is 21.4. The van der Waals surface area contributed by atoms with E-state index in [4.69, 9.17) is 4.74 Å². The van der Waals surface area contributed by atoms with Crippen LogP contribution in [0.2, 0.25) is 0 Å². The second-order valence-corrected chi connectivity index (χ2v) is 8.98. The van der Waals surface area contributed by atoms with Crippen molar-refractivity contribution in [2.24, 2.45) is 0 Å². The van der Waals surface area contributed by atoms with E-state index in [1.165, 1.54) is 44.9 Å². The third-order valence-electron chi connectivity index (χ3n) is 6.03. The van der Waals surface area contributed by atoms with Gasteiger partial charge in [-0.3, -0.25) is 9.59 Å². The van der Waals surface area contributed by atoms with Crippen LogP contribution in [0.1, 0.15) is 102 Å². The smallest absolute Gasteiger partial charge is 0.328 e. The first-order chi connectivity index (χ1) is 16.6. The highest BCUT2D eigenvalue weighted by atomic mass is 16.5. The summed E-state index contributed by atoms with van der Waals surface area (Å²) in [5, 5.41) is 5.53. The van der Waals surface area contributed by atoms with E-state index in [0.29, 0.717) is 25.9 Å². The molecule has 1 atom stereocenters. The quantitative estimate of drug-likeness (QED) is 0.193. The molecule has 0 heterocycles.